The van der Waals surface area contributed by atoms with Crippen molar-refractivity contribution >= 4 is 11.9 Å². The van der Waals surface area contributed by atoms with Gasteiger partial charge in [0.2, 0.25) is 5.91 Å². The number of nitrogens with one attached hydrogen (secondary N) is 1. The van der Waals surface area contributed by atoms with Crippen LogP contribution in [0, 0.1) is 5.92 Å². The number of likely N-dealkylation sites (tertiary alicyclic amines) is 1. The molecule has 130 valence electrons. The lowest BCUT2D eigenvalue weighted by Gasteiger charge is -2.30. The fourth-order valence-corrected chi connectivity index (χ4v) is 3.40. The maximum Gasteiger partial charge on any atom is 0.310 e. The van der Waals surface area contributed by atoms with Crippen LogP contribution in [0.5, 0.6) is 0 Å². The highest BCUT2D eigenvalue weighted by atomic mass is 16.5. The van der Waals surface area contributed by atoms with Crippen LogP contribution in [0.4, 0.5) is 0 Å². The number of nitrogens with zero attached hydrogens (tertiary/aromatic N) is 1. The molecule has 1 N–H and O–H groups in total. The average molecular weight is 322 g/mol. The third-order valence-electron chi connectivity index (χ3n) is 4.65. The van der Waals surface area contributed by atoms with E-state index >= 15 is 0 Å². The number of amides is 1. The van der Waals surface area contributed by atoms with Crippen LogP contribution in [-0.2, 0) is 14.3 Å². The van der Waals surface area contributed by atoms with Crippen molar-refractivity contribution in [1.29, 1.82) is 0 Å². The molecule has 0 bridgehead atoms. The second-order valence-corrected chi connectivity index (χ2v) is 6.53. The molecule has 2 aliphatic rings. The second-order valence-electron chi connectivity index (χ2n) is 6.53. The quantitative estimate of drug-likeness (QED) is 0.577. The second kappa shape index (κ2) is 9.71. The number of allylic oxidation sites excluding steroid dienone is 1. The Kier molecular flexibility index (Phi) is 7.59. The van der Waals surface area contributed by atoms with Crippen molar-refractivity contribution in [3.8, 4) is 0 Å². The van der Waals surface area contributed by atoms with Gasteiger partial charge in [-0.05, 0) is 58.4 Å². The molecule has 0 aromatic heterocycles. The summed E-state index contributed by atoms with van der Waals surface area (Å²) in [5.41, 5.74) is 1.48. The van der Waals surface area contributed by atoms with Gasteiger partial charge in [0, 0.05) is 13.1 Å². The Morgan fingerprint density at radius 1 is 1.35 bits per heavy atom. The molecule has 1 aliphatic heterocycles. The molecule has 2 rings (SSSR count). The summed E-state index contributed by atoms with van der Waals surface area (Å²) < 4.78 is 5.09. The van der Waals surface area contributed by atoms with Gasteiger partial charge in [0.05, 0.1) is 19.1 Å². The smallest absolute Gasteiger partial charge is 0.310 e. The average Bonchev–Trinajstić information content (AvgIpc) is 2.56. The van der Waals surface area contributed by atoms with E-state index in [0.717, 1.165) is 32.4 Å². The highest BCUT2D eigenvalue weighted by Crippen LogP contribution is 2.19. The van der Waals surface area contributed by atoms with E-state index in [-0.39, 0.29) is 17.8 Å². The first-order valence-corrected chi connectivity index (χ1v) is 9.02. The number of piperidine rings is 1. The Morgan fingerprint density at radius 2 is 2.22 bits per heavy atom. The van der Waals surface area contributed by atoms with Crippen LogP contribution in [0.3, 0.4) is 0 Å². The van der Waals surface area contributed by atoms with Crippen LogP contribution in [0.15, 0.2) is 11.6 Å². The van der Waals surface area contributed by atoms with Gasteiger partial charge in [0.1, 0.15) is 0 Å². The van der Waals surface area contributed by atoms with Crippen LogP contribution in [0.2, 0.25) is 0 Å². The maximum absolute atomic E-state index is 12.1. The Labute approximate surface area is 139 Å². The fourth-order valence-electron chi connectivity index (χ4n) is 3.40. The molecule has 1 heterocycles. The molecule has 0 radical (unpaired) electrons. The lowest BCUT2D eigenvalue weighted by atomic mass is 9.97. The zero-order valence-corrected chi connectivity index (χ0v) is 14.3. The van der Waals surface area contributed by atoms with Gasteiger partial charge in [-0.25, -0.2) is 0 Å². The van der Waals surface area contributed by atoms with Crippen LogP contribution >= 0.6 is 0 Å². The van der Waals surface area contributed by atoms with E-state index in [1.807, 2.05) is 6.92 Å². The van der Waals surface area contributed by atoms with E-state index < -0.39 is 0 Å². The van der Waals surface area contributed by atoms with Gasteiger partial charge in [-0.2, -0.15) is 0 Å². The summed E-state index contributed by atoms with van der Waals surface area (Å²) in [6.45, 7) is 4.88. The molecule has 1 atom stereocenters. The Bertz CT molecular complexity index is 434. The summed E-state index contributed by atoms with van der Waals surface area (Å²) in [5.74, 6) is -0.142. The minimum atomic E-state index is -0.123. The predicted molar refractivity (Wildman–Crippen MR) is 90.0 cm³/mol. The zero-order chi connectivity index (χ0) is 16.5. The van der Waals surface area contributed by atoms with Gasteiger partial charge in [-0.1, -0.05) is 11.6 Å². The van der Waals surface area contributed by atoms with E-state index in [2.05, 4.69) is 16.3 Å². The summed E-state index contributed by atoms with van der Waals surface area (Å²) in [6.07, 6.45) is 10.1. The monoisotopic (exact) mass is 322 g/mol. The van der Waals surface area contributed by atoms with Crippen LogP contribution in [0.1, 0.15) is 51.9 Å². The third kappa shape index (κ3) is 6.34. The number of hydrogen-bond acceptors (Lipinski definition) is 4. The molecule has 1 aliphatic carbocycles. The van der Waals surface area contributed by atoms with Crippen molar-refractivity contribution in [1.82, 2.24) is 10.2 Å². The molecular formula is C18H30N2O3. The normalized spacial score (nSPS) is 22.3. The van der Waals surface area contributed by atoms with Crippen molar-refractivity contribution in [3.05, 3.63) is 11.6 Å². The Balaban J connectivity index is 1.65. The molecule has 1 saturated heterocycles. The predicted octanol–water partition coefficient (Wildman–Crippen LogP) is 2.27. The first kappa shape index (κ1) is 18.0. The number of hydrogen-bond donors (Lipinski definition) is 1. The standard InChI is InChI=1S/C18H30N2O3/c1-2-23-18(22)16-9-6-12-20(13-16)14-17(21)19-11-10-15-7-4-3-5-8-15/h7,16H,2-6,8-14H2,1H3,(H,19,21). The Hall–Kier alpha value is -1.36. The molecule has 5 heteroatoms. The van der Waals surface area contributed by atoms with Crippen molar-refractivity contribution in [2.24, 2.45) is 5.92 Å². The van der Waals surface area contributed by atoms with Crippen LogP contribution in [-0.4, -0.2) is 49.6 Å². The molecule has 0 aromatic carbocycles. The molecule has 0 saturated carbocycles. The third-order valence-corrected chi connectivity index (χ3v) is 4.65. The van der Waals surface area contributed by atoms with Gasteiger partial charge < -0.3 is 10.1 Å². The molecule has 1 unspecified atom stereocenters. The van der Waals surface area contributed by atoms with Gasteiger partial charge in [-0.15, -0.1) is 0 Å². The van der Waals surface area contributed by atoms with Crippen LogP contribution < -0.4 is 5.32 Å². The maximum atomic E-state index is 12.1. The van der Waals surface area contributed by atoms with E-state index in [1.54, 1.807) is 0 Å². The van der Waals surface area contributed by atoms with Gasteiger partial charge in [-0.3, -0.25) is 14.5 Å². The number of esters is 1. The molecule has 5 nitrogen and oxygen atoms in total. The first-order valence-electron chi connectivity index (χ1n) is 9.02. The van der Waals surface area contributed by atoms with E-state index in [0.29, 0.717) is 19.7 Å². The van der Waals surface area contributed by atoms with Gasteiger partial charge >= 0.3 is 5.97 Å². The van der Waals surface area contributed by atoms with Crippen molar-refractivity contribution in [2.45, 2.75) is 51.9 Å². The fraction of sp³-hybridized carbons (Fsp3) is 0.778. The SMILES string of the molecule is CCOC(=O)C1CCCN(CC(=O)NCCC2=CCCCC2)C1. The molecular weight excluding hydrogens is 292 g/mol. The number of carbonyl (C=O) groups excluding carboxylic acids is 2. The highest BCUT2D eigenvalue weighted by Gasteiger charge is 2.27. The minimum absolute atomic E-state index is 0.0610. The molecule has 0 aromatic rings. The van der Waals surface area contributed by atoms with Crippen molar-refractivity contribution in [2.75, 3.05) is 32.8 Å². The van der Waals surface area contributed by atoms with Gasteiger partial charge in [0.15, 0.2) is 0 Å². The Morgan fingerprint density at radius 3 is 2.96 bits per heavy atom. The lowest BCUT2D eigenvalue weighted by Crippen LogP contribution is -2.44. The van der Waals surface area contributed by atoms with Crippen molar-refractivity contribution in [3.63, 3.8) is 0 Å². The number of ether oxygens (including phenoxy) is 1. The minimum Gasteiger partial charge on any atom is -0.466 e. The topological polar surface area (TPSA) is 58.6 Å². The lowest BCUT2D eigenvalue weighted by molar-refractivity contribution is -0.150. The molecule has 1 fully saturated rings. The number of rotatable bonds is 7. The first-order chi connectivity index (χ1) is 11.2. The zero-order valence-electron chi connectivity index (χ0n) is 14.3. The summed E-state index contributed by atoms with van der Waals surface area (Å²) in [4.78, 5) is 26.0. The molecule has 0 spiro atoms. The van der Waals surface area contributed by atoms with Crippen LogP contribution in [0.25, 0.3) is 0 Å². The molecule has 23 heavy (non-hydrogen) atoms. The molecule has 1 amide bonds. The van der Waals surface area contributed by atoms with E-state index in [9.17, 15) is 9.59 Å². The summed E-state index contributed by atoms with van der Waals surface area (Å²) >= 11 is 0. The van der Waals surface area contributed by atoms with E-state index in [4.69, 9.17) is 4.74 Å². The largest absolute Gasteiger partial charge is 0.466 e. The summed E-state index contributed by atoms with van der Waals surface area (Å²) in [6, 6.07) is 0. The highest BCUT2D eigenvalue weighted by molar-refractivity contribution is 5.78. The summed E-state index contributed by atoms with van der Waals surface area (Å²) in [7, 11) is 0. The van der Waals surface area contributed by atoms with E-state index in [1.165, 1.54) is 31.3 Å². The van der Waals surface area contributed by atoms with Gasteiger partial charge in [0.25, 0.3) is 0 Å². The number of carbonyl (C=O) groups is 2. The summed E-state index contributed by atoms with van der Waals surface area (Å²) in [5, 5.41) is 3.01. The van der Waals surface area contributed by atoms with Crippen molar-refractivity contribution < 1.29 is 14.3 Å².